The summed E-state index contributed by atoms with van der Waals surface area (Å²) in [4.78, 5) is 5.11. The predicted molar refractivity (Wildman–Crippen MR) is 74.2 cm³/mol. The molecule has 4 heteroatoms. The number of piperidine rings is 2. The van der Waals surface area contributed by atoms with E-state index in [4.69, 9.17) is 10.5 Å². The van der Waals surface area contributed by atoms with Gasteiger partial charge in [-0.25, -0.2) is 0 Å². The molecule has 3 atom stereocenters. The molecule has 2 N–H and O–H groups in total. The Balaban J connectivity index is 1.79. The van der Waals surface area contributed by atoms with Crippen molar-refractivity contribution in [1.82, 2.24) is 9.80 Å². The lowest BCUT2D eigenvalue weighted by molar-refractivity contribution is -0.0991. The van der Waals surface area contributed by atoms with Crippen molar-refractivity contribution in [3.05, 3.63) is 29.8 Å². The molecule has 4 aliphatic rings. The minimum Gasteiger partial charge on any atom is -0.497 e. The van der Waals surface area contributed by atoms with E-state index < -0.39 is 0 Å². The molecule has 4 heterocycles. The summed E-state index contributed by atoms with van der Waals surface area (Å²) >= 11 is 0. The fourth-order valence-electron chi connectivity index (χ4n) is 4.39. The molecular formula is C15H21N3O. The largest absolute Gasteiger partial charge is 0.497 e. The first kappa shape index (κ1) is 11.7. The second kappa shape index (κ2) is 3.95. The molecule has 4 saturated heterocycles. The zero-order valence-corrected chi connectivity index (χ0v) is 11.4. The van der Waals surface area contributed by atoms with Gasteiger partial charge in [-0.1, -0.05) is 12.1 Å². The average molecular weight is 259 g/mol. The van der Waals surface area contributed by atoms with Gasteiger partial charge in [-0.3, -0.25) is 9.80 Å². The van der Waals surface area contributed by atoms with Crippen LogP contribution in [0.1, 0.15) is 5.56 Å². The van der Waals surface area contributed by atoms with Gasteiger partial charge in [0.25, 0.3) is 0 Å². The standard InChI is InChI=1S/C15H21N3O/c1-19-13-4-2-3-12(5-13)15-8-17-6-11(14(15)16)7-18(9-15)10-17/h2-5,11,14H,6-10,16H2,1H3. The molecule has 1 aromatic rings. The highest BCUT2D eigenvalue weighted by Gasteiger charge is 2.55. The van der Waals surface area contributed by atoms with E-state index in [9.17, 15) is 0 Å². The van der Waals surface area contributed by atoms with Crippen LogP contribution in [0.2, 0.25) is 0 Å². The van der Waals surface area contributed by atoms with E-state index in [-0.39, 0.29) is 11.5 Å². The van der Waals surface area contributed by atoms with Crippen molar-refractivity contribution < 1.29 is 4.74 Å². The molecule has 102 valence electrons. The normalized spacial score (nSPS) is 43.5. The molecule has 4 aliphatic heterocycles. The summed E-state index contributed by atoms with van der Waals surface area (Å²) in [5.41, 5.74) is 8.07. The van der Waals surface area contributed by atoms with Crippen LogP contribution in [0.15, 0.2) is 24.3 Å². The molecule has 5 rings (SSSR count). The summed E-state index contributed by atoms with van der Waals surface area (Å²) in [6.07, 6.45) is 0. The van der Waals surface area contributed by atoms with Crippen LogP contribution in [-0.2, 0) is 5.41 Å². The number of benzene rings is 1. The Hall–Kier alpha value is -1.10. The van der Waals surface area contributed by atoms with Gasteiger partial charge in [-0.05, 0) is 17.7 Å². The number of hydrogen-bond donors (Lipinski definition) is 1. The maximum Gasteiger partial charge on any atom is 0.119 e. The topological polar surface area (TPSA) is 41.7 Å². The van der Waals surface area contributed by atoms with Crippen molar-refractivity contribution in [3.63, 3.8) is 0 Å². The maximum absolute atomic E-state index is 6.63. The van der Waals surface area contributed by atoms with Crippen LogP contribution in [0.4, 0.5) is 0 Å². The zero-order chi connectivity index (χ0) is 13.0. The van der Waals surface area contributed by atoms with Crippen molar-refractivity contribution in [2.45, 2.75) is 11.5 Å². The number of nitrogens with zero attached hydrogens (tertiary/aromatic N) is 2. The Kier molecular flexibility index (Phi) is 2.43. The Morgan fingerprint density at radius 3 is 2.68 bits per heavy atom. The van der Waals surface area contributed by atoms with Crippen LogP contribution in [0.5, 0.6) is 5.75 Å². The first-order valence-corrected chi connectivity index (χ1v) is 7.06. The van der Waals surface area contributed by atoms with Crippen LogP contribution in [0, 0.1) is 5.92 Å². The third-order valence-electron chi connectivity index (χ3n) is 5.19. The molecule has 4 bridgehead atoms. The van der Waals surface area contributed by atoms with Crippen molar-refractivity contribution in [3.8, 4) is 5.75 Å². The molecule has 0 saturated carbocycles. The number of hydrogen-bond acceptors (Lipinski definition) is 4. The van der Waals surface area contributed by atoms with Gasteiger partial charge in [-0.2, -0.15) is 0 Å². The van der Waals surface area contributed by atoms with Crippen molar-refractivity contribution >= 4 is 0 Å². The lowest BCUT2D eigenvalue weighted by Crippen LogP contribution is -2.77. The summed E-state index contributed by atoms with van der Waals surface area (Å²) in [5, 5.41) is 0. The van der Waals surface area contributed by atoms with Gasteiger partial charge >= 0.3 is 0 Å². The van der Waals surface area contributed by atoms with E-state index in [1.807, 2.05) is 6.07 Å². The first-order valence-electron chi connectivity index (χ1n) is 7.06. The molecule has 0 radical (unpaired) electrons. The predicted octanol–water partition coefficient (Wildman–Crippen LogP) is 0.479. The highest BCUT2D eigenvalue weighted by Crippen LogP contribution is 2.44. The second-order valence-electron chi connectivity index (χ2n) is 6.34. The molecule has 0 spiro atoms. The van der Waals surface area contributed by atoms with E-state index in [1.54, 1.807) is 7.11 Å². The molecule has 1 aromatic carbocycles. The fourth-order valence-corrected chi connectivity index (χ4v) is 4.39. The van der Waals surface area contributed by atoms with Crippen LogP contribution in [0.25, 0.3) is 0 Å². The van der Waals surface area contributed by atoms with Crippen LogP contribution >= 0.6 is 0 Å². The van der Waals surface area contributed by atoms with Crippen molar-refractivity contribution in [1.29, 1.82) is 0 Å². The minimum atomic E-state index is 0.0912. The Morgan fingerprint density at radius 2 is 2.00 bits per heavy atom. The smallest absolute Gasteiger partial charge is 0.119 e. The molecule has 19 heavy (non-hydrogen) atoms. The monoisotopic (exact) mass is 259 g/mol. The van der Waals surface area contributed by atoms with Crippen LogP contribution in [0.3, 0.4) is 0 Å². The average Bonchev–Trinajstić information content (AvgIpc) is 2.44. The van der Waals surface area contributed by atoms with E-state index >= 15 is 0 Å². The van der Waals surface area contributed by atoms with Crippen LogP contribution in [-0.4, -0.2) is 55.8 Å². The van der Waals surface area contributed by atoms with Gasteiger partial charge in [0.1, 0.15) is 5.75 Å². The summed E-state index contributed by atoms with van der Waals surface area (Å²) in [6, 6.07) is 8.76. The van der Waals surface area contributed by atoms with Gasteiger partial charge in [-0.15, -0.1) is 0 Å². The van der Waals surface area contributed by atoms with E-state index in [0.717, 1.165) is 25.5 Å². The molecule has 0 amide bonds. The number of rotatable bonds is 2. The minimum absolute atomic E-state index is 0.0912. The third-order valence-corrected chi connectivity index (χ3v) is 5.19. The zero-order valence-electron chi connectivity index (χ0n) is 11.4. The summed E-state index contributed by atoms with van der Waals surface area (Å²) in [7, 11) is 1.73. The quantitative estimate of drug-likeness (QED) is 0.839. The van der Waals surface area contributed by atoms with Gasteiger partial charge in [0.15, 0.2) is 0 Å². The van der Waals surface area contributed by atoms with E-state index in [2.05, 4.69) is 28.0 Å². The summed E-state index contributed by atoms with van der Waals surface area (Å²) in [5.74, 6) is 1.55. The van der Waals surface area contributed by atoms with Crippen molar-refractivity contribution in [2.75, 3.05) is 40.0 Å². The summed E-state index contributed by atoms with van der Waals surface area (Å²) < 4.78 is 5.39. The Bertz CT molecular complexity index is 490. The van der Waals surface area contributed by atoms with Gasteiger partial charge < -0.3 is 10.5 Å². The van der Waals surface area contributed by atoms with E-state index in [0.29, 0.717) is 5.92 Å². The highest BCUT2D eigenvalue weighted by atomic mass is 16.5. The van der Waals surface area contributed by atoms with Crippen LogP contribution < -0.4 is 10.5 Å². The van der Waals surface area contributed by atoms with Gasteiger partial charge in [0.2, 0.25) is 0 Å². The number of nitrogens with two attached hydrogens (primary N) is 1. The Labute approximate surface area is 114 Å². The Morgan fingerprint density at radius 1 is 1.26 bits per heavy atom. The van der Waals surface area contributed by atoms with Gasteiger partial charge in [0.05, 0.1) is 13.8 Å². The first-order chi connectivity index (χ1) is 9.21. The molecular weight excluding hydrogens is 238 g/mol. The number of ether oxygens (including phenoxy) is 1. The van der Waals surface area contributed by atoms with Gasteiger partial charge in [0, 0.05) is 43.6 Å². The molecule has 0 aromatic heterocycles. The molecule has 4 nitrogen and oxygen atoms in total. The molecule has 0 aliphatic carbocycles. The SMILES string of the molecule is COc1cccc(C23CN4CC(CN(C4)C2)C3N)c1. The number of methoxy groups -OCH3 is 1. The summed E-state index contributed by atoms with van der Waals surface area (Å²) in [6.45, 7) is 5.64. The maximum atomic E-state index is 6.63. The molecule has 3 unspecified atom stereocenters. The second-order valence-corrected chi connectivity index (χ2v) is 6.34. The van der Waals surface area contributed by atoms with Crippen molar-refractivity contribution in [2.24, 2.45) is 11.7 Å². The fraction of sp³-hybridized carbons (Fsp3) is 0.600. The molecule has 4 fully saturated rings. The highest BCUT2D eigenvalue weighted by molar-refractivity contribution is 5.38. The van der Waals surface area contributed by atoms with E-state index in [1.165, 1.54) is 18.7 Å². The lowest BCUT2D eigenvalue weighted by atomic mass is 9.63. The third kappa shape index (κ3) is 1.57. The lowest BCUT2D eigenvalue weighted by Gasteiger charge is -2.62.